The van der Waals surface area contributed by atoms with Crippen molar-refractivity contribution in [1.82, 2.24) is 0 Å². The number of aliphatic hydroxyl groups excluding tert-OH is 1. The smallest absolute Gasteiger partial charge is 0.0827 e. The van der Waals surface area contributed by atoms with Gasteiger partial charge in [-0.05, 0) is 66.6 Å². The third-order valence-electron chi connectivity index (χ3n) is 7.23. The van der Waals surface area contributed by atoms with Crippen LogP contribution in [-0.2, 0) is 0 Å². The van der Waals surface area contributed by atoms with Gasteiger partial charge in [0.25, 0.3) is 0 Å². The van der Waals surface area contributed by atoms with Crippen LogP contribution in [0.15, 0.2) is 41.1 Å². The Hall–Kier alpha value is -1.35. The molecule has 0 aromatic rings. The molecule has 2 saturated carbocycles. The quantitative estimate of drug-likeness (QED) is 0.533. The summed E-state index contributed by atoms with van der Waals surface area (Å²) < 4.78 is 0. The van der Waals surface area contributed by atoms with E-state index in [0.717, 1.165) is 25.0 Å². The second-order valence-electron chi connectivity index (χ2n) is 8.06. The molecular weight excluding hydrogens is 272 g/mol. The zero-order valence-corrected chi connectivity index (χ0v) is 13.5. The lowest BCUT2D eigenvalue weighted by atomic mass is 9.50. The van der Waals surface area contributed by atoms with Crippen LogP contribution < -0.4 is 5.84 Å². The van der Waals surface area contributed by atoms with Crippen LogP contribution in [0.5, 0.6) is 0 Å². The van der Waals surface area contributed by atoms with Gasteiger partial charge in [-0.15, -0.1) is 0 Å². The summed E-state index contributed by atoms with van der Waals surface area (Å²) in [7, 11) is 0. The van der Waals surface area contributed by atoms with Crippen LogP contribution in [0.1, 0.15) is 39.5 Å². The van der Waals surface area contributed by atoms with Crippen molar-refractivity contribution in [3.63, 3.8) is 0 Å². The summed E-state index contributed by atoms with van der Waals surface area (Å²) in [5, 5.41) is 14.3. The number of hydrogen-bond donors (Lipinski definition) is 2. The number of aliphatic hydroxyl groups is 1. The molecule has 0 radical (unpaired) electrons. The fourth-order valence-corrected chi connectivity index (χ4v) is 5.71. The van der Waals surface area contributed by atoms with E-state index in [1.807, 2.05) is 0 Å². The van der Waals surface area contributed by atoms with Crippen LogP contribution in [0.3, 0.4) is 0 Å². The average molecular weight is 298 g/mol. The molecule has 0 spiro atoms. The first kappa shape index (κ1) is 14.3. The number of hydrogen-bond acceptors (Lipinski definition) is 3. The Labute approximate surface area is 132 Å². The maximum atomic E-state index is 10.5. The Morgan fingerprint density at radius 3 is 2.77 bits per heavy atom. The molecule has 0 unspecified atom stereocenters. The maximum absolute atomic E-state index is 10.5. The predicted octanol–water partition coefficient (Wildman–Crippen LogP) is 3.18. The number of rotatable bonds is 0. The fourth-order valence-electron chi connectivity index (χ4n) is 5.71. The molecule has 0 aromatic carbocycles. The highest BCUT2D eigenvalue weighted by Crippen LogP contribution is 2.62. The Balaban J connectivity index is 1.75. The van der Waals surface area contributed by atoms with Crippen LogP contribution in [0.2, 0.25) is 0 Å². The van der Waals surface area contributed by atoms with Gasteiger partial charge in [-0.1, -0.05) is 32.1 Å². The first-order valence-corrected chi connectivity index (χ1v) is 8.54. The minimum atomic E-state index is -0.116. The molecule has 0 heterocycles. The van der Waals surface area contributed by atoms with E-state index < -0.39 is 0 Å². The number of fused-ring (bicyclic) bond motifs is 5. The van der Waals surface area contributed by atoms with E-state index >= 15 is 0 Å². The number of nitrogens with zero attached hydrogens (tertiary/aromatic N) is 1. The van der Waals surface area contributed by atoms with Crippen LogP contribution in [-0.4, -0.2) is 16.9 Å². The van der Waals surface area contributed by atoms with Crippen molar-refractivity contribution in [2.24, 2.45) is 39.5 Å². The minimum absolute atomic E-state index is 0.0858. The molecule has 3 nitrogen and oxygen atoms in total. The lowest BCUT2D eigenvalue weighted by Crippen LogP contribution is -2.48. The van der Waals surface area contributed by atoms with E-state index in [1.54, 1.807) is 0 Å². The summed E-state index contributed by atoms with van der Waals surface area (Å²) in [4.78, 5) is 0. The number of hydrazone groups is 1. The molecule has 6 atom stereocenters. The SMILES string of the molecule is C[C@]12CC[C@H]3[C@@H](C=CC4=C/C(=N/N)C=C[C@@]43C)[C@@H]1CC[C@@H]2O. The number of nitrogens with two attached hydrogens (primary N) is 1. The van der Waals surface area contributed by atoms with Gasteiger partial charge in [-0.2, -0.15) is 5.10 Å². The summed E-state index contributed by atoms with van der Waals surface area (Å²) >= 11 is 0. The molecule has 3 heteroatoms. The summed E-state index contributed by atoms with van der Waals surface area (Å²) in [6.45, 7) is 4.67. The highest BCUT2D eigenvalue weighted by Gasteiger charge is 2.57. The monoisotopic (exact) mass is 298 g/mol. The third-order valence-corrected chi connectivity index (χ3v) is 7.23. The van der Waals surface area contributed by atoms with E-state index in [-0.39, 0.29) is 16.9 Å². The second-order valence-corrected chi connectivity index (χ2v) is 8.06. The topological polar surface area (TPSA) is 58.6 Å². The molecule has 4 aliphatic carbocycles. The van der Waals surface area contributed by atoms with Gasteiger partial charge in [0.1, 0.15) is 0 Å². The van der Waals surface area contributed by atoms with Gasteiger partial charge in [-0.3, -0.25) is 0 Å². The lowest BCUT2D eigenvalue weighted by Gasteiger charge is -2.54. The first-order chi connectivity index (χ1) is 10.5. The second kappa shape index (κ2) is 4.58. The van der Waals surface area contributed by atoms with Gasteiger partial charge in [0.15, 0.2) is 0 Å². The van der Waals surface area contributed by atoms with Gasteiger partial charge >= 0.3 is 0 Å². The summed E-state index contributed by atoms with van der Waals surface area (Å²) in [6.07, 6.45) is 15.5. The zero-order valence-electron chi connectivity index (χ0n) is 13.5. The highest BCUT2D eigenvalue weighted by atomic mass is 16.3. The van der Waals surface area contributed by atoms with E-state index in [9.17, 15) is 5.11 Å². The Morgan fingerprint density at radius 2 is 2.00 bits per heavy atom. The van der Waals surface area contributed by atoms with Crippen LogP contribution >= 0.6 is 0 Å². The Morgan fingerprint density at radius 1 is 1.18 bits per heavy atom. The van der Waals surface area contributed by atoms with E-state index in [0.29, 0.717) is 17.8 Å². The molecule has 22 heavy (non-hydrogen) atoms. The Bertz CT molecular complexity index is 617. The Kier molecular flexibility index (Phi) is 2.96. The van der Waals surface area contributed by atoms with Crippen molar-refractivity contribution in [2.45, 2.75) is 45.6 Å². The third kappa shape index (κ3) is 1.69. The molecule has 0 saturated heterocycles. The summed E-state index contributed by atoms with van der Waals surface area (Å²) in [5.41, 5.74) is 2.39. The standard InChI is InChI=1S/C19H26N2O/c1-18-9-7-13(21-20)11-12(18)3-4-14-15-5-6-17(22)19(15,2)10-8-16(14)18/h3-4,7,9,11,14-17,22H,5-6,8,10,20H2,1-2H3/b21-13+/t14-,15-,16-,17-,18-,19-/m0/s1. The summed E-state index contributed by atoms with van der Waals surface area (Å²) in [5.74, 6) is 7.27. The molecule has 0 amide bonds. The van der Waals surface area contributed by atoms with Crippen LogP contribution in [0.4, 0.5) is 0 Å². The van der Waals surface area contributed by atoms with Crippen LogP contribution in [0, 0.1) is 28.6 Å². The van der Waals surface area contributed by atoms with Crippen molar-refractivity contribution < 1.29 is 5.11 Å². The fraction of sp³-hybridized carbons (Fsp3) is 0.632. The molecule has 0 aliphatic heterocycles. The van der Waals surface area contributed by atoms with Crippen molar-refractivity contribution in [3.05, 3.63) is 36.0 Å². The van der Waals surface area contributed by atoms with Crippen molar-refractivity contribution in [2.75, 3.05) is 0 Å². The zero-order chi connectivity index (χ0) is 15.5. The largest absolute Gasteiger partial charge is 0.393 e. The average Bonchev–Trinajstić information content (AvgIpc) is 2.82. The molecule has 118 valence electrons. The molecule has 0 aromatic heterocycles. The van der Waals surface area contributed by atoms with Crippen molar-refractivity contribution in [1.29, 1.82) is 0 Å². The minimum Gasteiger partial charge on any atom is -0.393 e. The van der Waals surface area contributed by atoms with E-state index in [1.165, 1.54) is 12.0 Å². The molecule has 2 fully saturated rings. The van der Waals surface area contributed by atoms with Crippen molar-refractivity contribution in [3.8, 4) is 0 Å². The van der Waals surface area contributed by atoms with Gasteiger partial charge < -0.3 is 10.9 Å². The van der Waals surface area contributed by atoms with Gasteiger partial charge in [0.2, 0.25) is 0 Å². The van der Waals surface area contributed by atoms with Gasteiger partial charge in [-0.25, -0.2) is 0 Å². The first-order valence-electron chi connectivity index (χ1n) is 8.54. The maximum Gasteiger partial charge on any atom is 0.0827 e. The molecular formula is C19H26N2O. The van der Waals surface area contributed by atoms with Crippen LogP contribution in [0.25, 0.3) is 0 Å². The van der Waals surface area contributed by atoms with E-state index in [2.05, 4.69) is 49.3 Å². The molecule has 3 N–H and O–H groups in total. The van der Waals surface area contributed by atoms with Gasteiger partial charge in [0.05, 0.1) is 11.8 Å². The molecule has 4 aliphatic rings. The predicted molar refractivity (Wildman–Crippen MR) is 89.1 cm³/mol. The molecule has 0 bridgehead atoms. The molecule has 4 rings (SSSR count). The van der Waals surface area contributed by atoms with Gasteiger partial charge in [0, 0.05) is 5.41 Å². The normalized spacial score (nSPS) is 51.2. The highest BCUT2D eigenvalue weighted by molar-refractivity contribution is 6.06. The summed E-state index contributed by atoms with van der Waals surface area (Å²) in [6, 6.07) is 0. The van der Waals surface area contributed by atoms with E-state index in [4.69, 9.17) is 5.84 Å². The lowest BCUT2D eigenvalue weighted by molar-refractivity contribution is -0.0374. The van der Waals surface area contributed by atoms with Crippen molar-refractivity contribution >= 4 is 5.71 Å². The number of allylic oxidation sites excluding steroid dienone is 6.